The molecule has 0 spiro atoms. The Kier molecular flexibility index (Phi) is 12.0. The van der Waals surface area contributed by atoms with Gasteiger partial charge in [-0.1, -0.05) is 73.1 Å². The standard InChI is InChI=1S/C31H38ClN3O5S/c1-4-19-33-31(37)29(21-24-12-6-5-7-13-24)34(23-25-14-8-9-17-28(25)32)30(36)18-11-20-35(41(3,38)39)26-15-10-16-27(22-26)40-2/h5-10,12-17,22,29H,4,11,18-21,23H2,1-3H3,(H,33,37)/t29-/m1/s1. The zero-order valence-electron chi connectivity index (χ0n) is 23.8. The lowest BCUT2D eigenvalue weighted by Crippen LogP contribution is -2.50. The number of nitrogens with one attached hydrogen (secondary N) is 1. The normalized spacial score (nSPS) is 11.9. The summed E-state index contributed by atoms with van der Waals surface area (Å²) < 4.78 is 31.8. The summed E-state index contributed by atoms with van der Waals surface area (Å²) in [6.45, 7) is 2.68. The first kappa shape index (κ1) is 32.0. The van der Waals surface area contributed by atoms with E-state index in [9.17, 15) is 18.0 Å². The molecule has 0 aliphatic carbocycles. The molecule has 0 unspecified atom stereocenters. The largest absolute Gasteiger partial charge is 0.497 e. The van der Waals surface area contributed by atoms with Crippen molar-refractivity contribution >= 4 is 39.1 Å². The number of amides is 2. The highest BCUT2D eigenvalue weighted by Gasteiger charge is 2.30. The lowest BCUT2D eigenvalue weighted by Gasteiger charge is -2.32. The maximum atomic E-state index is 13.9. The Bertz CT molecular complexity index is 1400. The molecule has 0 heterocycles. The van der Waals surface area contributed by atoms with Crippen LogP contribution in [0.15, 0.2) is 78.9 Å². The van der Waals surface area contributed by atoms with Crippen LogP contribution in [0.2, 0.25) is 5.02 Å². The third-order valence-corrected chi connectivity index (χ3v) is 8.18. The van der Waals surface area contributed by atoms with Crippen molar-refractivity contribution in [3.63, 3.8) is 0 Å². The van der Waals surface area contributed by atoms with Crippen LogP contribution in [0, 0.1) is 0 Å². The Morgan fingerprint density at radius 2 is 1.71 bits per heavy atom. The third-order valence-electron chi connectivity index (χ3n) is 6.61. The molecule has 2 amide bonds. The molecule has 0 fully saturated rings. The van der Waals surface area contributed by atoms with E-state index in [4.69, 9.17) is 16.3 Å². The second kappa shape index (κ2) is 15.4. The maximum Gasteiger partial charge on any atom is 0.243 e. The number of anilines is 1. The molecule has 0 saturated heterocycles. The Labute approximate surface area is 248 Å². The molecule has 1 N–H and O–H groups in total. The average Bonchev–Trinajstić information content (AvgIpc) is 2.96. The van der Waals surface area contributed by atoms with Gasteiger partial charge in [-0.3, -0.25) is 13.9 Å². The molecule has 10 heteroatoms. The molecule has 3 aromatic carbocycles. The van der Waals surface area contributed by atoms with Crippen LogP contribution in [-0.2, 0) is 32.6 Å². The molecular formula is C31H38ClN3O5S. The Balaban J connectivity index is 1.88. The van der Waals surface area contributed by atoms with E-state index in [1.807, 2.05) is 55.5 Å². The monoisotopic (exact) mass is 599 g/mol. The minimum Gasteiger partial charge on any atom is -0.497 e. The molecule has 0 aliphatic rings. The smallest absolute Gasteiger partial charge is 0.243 e. The summed E-state index contributed by atoms with van der Waals surface area (Å²) in [4.78, 5) is 28.9. The summed E-state index contributed by atoms with van der Waals surface area (Å²) in [5, 5.41) is 3.45. The van der Waals surface area contributed by atoms with Crippen LogP contribution >= 0.6 is 11.6 Å². The molecule has 0 aromatic heterocycles. The molecular weight excluding hydrogens is 562 g/mol. The van der Waals surface area contributed by atoms with Gasteiger partial charge in [-0.15, -0.1) is 0 Å². The van der Waals surface area contributed by atoms with Gasteiger partial charge in [0.25, 0.3) is 0 Å². The number of benzene rings is 3. The number of ether oxygens (including phenoxy) is 1. The first-order valence-corrected chi connectivity index (χ1v) is 15.8. The Morgan fingerprint density at radius 3 is 2.37 bits per heavy atom. The van der Waals surface area contributed by atoms with Gasteiger partial charge in [0.15, 0.2) is 0 Å². The highest BCUT2D eigenvalue weighted by Crippen LogP contribution is 2.25. The number of nitrogens with zero attached hydrogens (tertiary/aromatic N) is 2. The van der Waals surface area contributed by atoms with Crippen molar-refractivity contribution < 1.29 is 22.7 Å². The first-order valence-electron chi connectivity index (χ1n) is 13.6. The molecule has 41 heavy (non-hydrogen) atoms. The van der Waals surface area contributed by atoms with Gasteiger partial charge in [-0.2, -0.15) is 0 Å². The van der Waals surface area contributed by atoms with Crippen LogP contribution in [0.3, 0.4) is 0 Å². The number of halogens is 1. The fourth-order valence-electron chi connectivity index (χ4n) is 4.50. The minimum atomic E-state index is -3.62. The SMILES string of the molecule is CCCNC(=O)[C@@H](Cc1ccccc1)N(Cc1ccccc1Cl)C(=O)CCCN(c1cccc(OC)c1)S(C)(=O)=O. The molecule has 1 atom stereocenters. The van der Waals surface area contributed by atoms with Crippen LogP contribution < -0.4 is 14.4 Å². The second-order valence-corrected chi connectivity index (χ2v) is 12.1. The van der Waals surface area contributed by atoms with Gasteiger partial charge in [-0.05, 0) is 42.2 Å². The number of rotatable bonds is 15. The second-order valence-electron chi connectivity index (χ2n) is 9.75. The van der Waals surface area contributed by atoms with E-state index in [1.165, 1.54) is 11.4 Å². The van der Waals surface area contributed by atoms with E-state index in [1.54, 1.807) is 35.2 Å². The van der Waals surface area contributed by atoms with Gasteiger partial charge in [0.05, 0.1) is 19.1 Å². The zero-order chi connectivity index (χ0) is 29.8. The summed E-state index contributed by atoms with van der Waals surface area (Å²) in [7, 11) is -2.11. The van der Waals surface area contributed by atoms with Gasteiger partial charge in [0.1, 0.15) is 11.8 Å². The quantitative estimate of drug-likeness (QED) is 0.263. The van der Waals surface area contributed by atoms with Crippen LogP contribution in [0.1, 0.15) is 37.3 Å². The predicted molar refractivity (Wildman–Crippen MR) is 164 cm³/mol. The van der Waals surface area contributed by atoms with Crippen molar-refractivity contribution in [2.24, 2.45) is 0 Å². The van der Waals surface area contributed by atoms with Crippen molar-refractivity contribution in [1.82, 2.24) is 10.2 Å². The van der Waals surface area contributed by atoms with Gasteiger partial charge in [0, 0.05) is 43.6 Å². The summed E-state index contributed by atoms with van der Waals surface area (Å²) in [5.41, 5.74) is 2.09. The van der Waals surface area contributed by atoms with Crippen molar-refractivity contribution in [3.8, 4) is 5.75 Å². The lowest BCUT2D eigenvalue weighted by atomic mass is 10.0. The van der Waals surface area contributed by atoms with Gasteiger partial charge in [0.2, 0.25) is 21.8 Å². The number of hydrogen-bond acceptors (Lipinski definition) is 5. The number of sulfonamides is 1. The van der Waals surface area contributed by atoms with Gasteiger partial charge < -0.3 is 15.0 Å². The van der Waals surface area contributed by atoms with Crippen molar-refractivity contribution in [1.29, 1.82) is 0 Å². The van der Waals surface area contributed by atoms with Crippen LogP contribution in [0.5, 0.6) is 5.75 Å². The molecule has 3 rings (SSSR count). The molecule has 3 aromatic rings. The minimum absolute atomic E-state index is 0.0345. The van der Waals surface area contributed by atoms with E-state index in [0.29, 0.717) is 29.4 Å². The molecule has 8 nitrogen and oxygen atoms in total. The molecule has 0 radical (unpaired) electrons. The topological polar surface area (TPSA) is 96.0 Å². The van der Waals surface area contributed by atoms with Crippen LogP contribution in [-0.4, -0.2) is 57.6 Å². The lowest BCUT2D eigenvalue weighted by molar-refractivity contribution is -0.141. The molecule has 0 bridgehead atoms. The average molecular weight is 600 g/mol. The van der Waals surface area contributed by atoms with Crippen LogP contribution in [0.25, 0.3) is 0 Å². The highest BCUT2D eigenvalue weighted by atomic mass is 35.5. The van der Waals surface area contributed by atoms with Gasteiger partial charge >= 0.3 is 0 Å². The van der Waals surface area contributed by atoms with E-state index in [0.717, 1.165) is 23.8 Å². The number of carbonyl (C=O) groups excluding carboxylic acids is 2. The summed E-state index contributed by atoms with van der Waals surface area (Å²) >= 11 is 6.47. The highest BCUT2D eigenvalue weighted by molar-refractivity contribution is 7.92. The maximum absolute atomic E-state index is 13.9. The van der Waals surface area contributed by atoms with Crippen molar-refractivity contribution in [2.45, 2.75) is 45.2 Å². The third kappa shape index (κ3) is 9.50. The van der Waals surface area contributed by atoms with Crippen molar-refractivity contribution in [2.75, 3.05) is 30.8 Å². The molecule has 220 valence electrons. The Hall–Kier alpha value is -3.56. The number of hydrogen-bond donors (Lipinski definition) is 1. The summed E-state index contributed by atoms with van der Waals surface area (Å²) in [6.07, 6.45) is 2.50. The molecule has 0 saturated carbocycles. The fraction of sp³-hybridized carbons (Fsp3) is 0.355. The Morgan fingerprint density at radius 1 is 1.00 bits per heavy atom. The van der Waals surface area contributed by atoms with E-state index >= 15 is 0 Å². The number of methoxy groups -OCH3 is 1. The van der Waals surface area contributed by atoms with E-state index < -0.39 is 16.1 Å². The molecule has 0 aliphatic heterocycles. The first-order chi connectivity index (χ1) is 19.6. The van der Waals surface area contributed by atoms with E-state index in [-0.39, 0.29) is 37.7 Å². The number of carbonyl (C=O) groups is 2. The van der Waals surface area contributed by atoms with E-state index in [2.05, 4.69) is 5.32 Å². The summed E-state index contributed by atoms with van der Waals surface area (Å²) in [6, 6.07) is 22.8. The summed E-state index contributed by atoms with van der Waals surface area (Å²) in [5.74, 6) is 0.0156. The predicted octanol–water partition coefficient (Wildman–Crippen LogP) is 5.06. The van der Waals surface area contributed by atoms with Crippen LogP contribution in [0.4, 0.5) is 5.69 Å². The fourth-order valence-corrected chi connectivity index (χ4v) is 5.65. The van der Waals surface area contributed by atoms with Gasteiger partial charge in [-0.25, -0.2) is 8.42 Å². The van der Waals surface area contributed by atoms with Crippen molar-refractivity contribution in [3.05, 3.63) is 95.0 Å². The zero-order valence-corrected chi connectivity index (χ0v) is 25.3.